The molecule has 176 valence electrons. The van der Waals surface area contributed by atoms with E-state index in [0.717, 1.165) is 30.9 Å². The van der Waals surface area contributed by atoms with Crippen LogP contribution in [-0.4, -0.2) is 61.1 Å². The first-order valence-corrected chi connectivity index (χ1v) is 11.9. The first-order valence-electron chi connectivity index (χ1n) is 11.9. The summed E-state index contributed by atoms with van der Waals surface area (Å²) in [5.74, 6) is 2.54. The number of benzene rings is 1. The smallest absolute Gasteiger partial charge is 0.191 e. The first-order chi connectivity index (χ1) is 14.4. The normalized spacial score (nSPS) is 24.1. The van der Waals surface area contributed by atoms with Crippen molar-refractivity contribution < 1.29 is 0 Å². The molecule has 0 bridgehead atoms. The standard InChI is InChI=1S/C25H43N5.HI/c1-19(2)30-12-10-24(11-13-30)28-25(26-5)27-15-22-6-8-23(9-7-22)18-29-16-20(3)14-21(4)17-29;/h6-9,19-21,24H,10-18H2,1-5H3,(H2,26,27,28);1H. The van der Waals surface area contributed by atoms with Crippen LogP contribution in [-0.2, 0) is 13.1 Å². The van der Waals surface area contributed by atoms with Crippen molar-refractivity contribution in [2.24, 2.45) is 16.8 Å². The van der Waals surface area contributed by atoms with E-state index < -0.39 is 0 Å². The largest absolute Gasteiger partial charge is 0.354 e. The lowest BCUT2D eigenvalue weighted by molar-refractivity contribution is 0.134. The molecular weight excluding hydrogens is 497 g/mol. The van der Waals surface area contributed by atoms with Crippen molar-refractivity contribution in [1.29, 1.82) is 0 Å². The fourth-order valence-corrected chi connectivity index (χ4v) is 5.08. The highest BCUT2D eigenvalue weighted by molar-refractivity contribution is 14.0. The lowest BCUT2D eigenvalue weighted by atomic mass is 9.91. The van der Waals surface area contributed by atoms with Gasteiger partial charge in [0.25, 0.3) is 0 Å². The summed E-state index contributed by atoms with van der Waals surface area (Å²) < 4.78 is 0. The Balaban J connectivity index is 0.00000341. The van der Waals surface area contributed by atoms with Gasteiger partial charge in [-0.15, -0.1) is 24.0 Å². The number of guanidine groups is 1. The van der Waals surface area contributed by atoms with Gasteiger partial charge in [-0.05, 0) is 56.1 Å². The Kier molecular flexibility index (Phi) is 11.1. The average Bonchev–Trinajstić information content (AvgIpc) is 2.71. The van der Waals surface area contributed by atoms with Crippen LogP contribution >= 0.6 is 24.0 Å². The van der Waals surface area contributed by atoms with E-state index in [1.165, 1.54) is 56.6 Å². The zero-order chi connectivity index (χ0) is 21.5. The third-order valence-corrected chi connectivity index (χ3v) is 6.66. The van der Waals surface area contributed by atoms with Crippen molar-refractivity contribution in [2.45, 2.75) is 72.1 Å². The second-order valence-electron chi connectivity index (χ2n) is 9.93. The van der Waals surface area contributed by atoms with Crippen molar-refractivity contribution in [3.63, 3.8) is 0 Å². The Morgan fingerprint density at radius 3 is 2.16 bits per heavy atom. The molecule has 2 aliphatic rings. The fourth-order valence-electron chi connectivity index (χ4n) is 5.08. The van der Waals surface area contributed by atoms with E-state index in [9.17, 15) is 0 Å². The van der Waals surface area contributed by atoms with Crippen LogP contribution in [0.5, 0.6) is 0 Å². The molecule has 1 aromatic carbocycles. The molecular formula is C25H44IN5. The van der Waals surface area contributed by atoms with Gasteiger partial charge < -0.3 is 15.5 Å². The summed E-state index contributed by atoms with van der Waals surface area (Å²) in [6, 6.07) is 10.3. The predicted octanol–water partition coefficient (Wildman–Crippen LogP) is 4.32. The highest BCUT2D eigenvalue weighted by atomic mass is 127. The van der Waals surface area contributed by atoms with Crippen LogP contribution in [0.3, 0.4) is 0 Å². The van der Waals surface area contributed by atoms with Crippen LogP contribution in [0.25, 0.3) is 0 Å². The lowest BCUT2D eigenvalue weighted by Gasteiger charge is -2.35. The van der Waals surface area contributed by atoms with Gasteiger partial charge in [0.05, 0.1) is 0 Å². The van der Waals surface area contributed by atoms with Crippen LogP contribution in [0.2, 0.25) is 0 Å². The Labute approximate surface area is 207 Å². The number of nitrogens with zero attached hydrogens (tertiary/aromatic N) is 3. The van der Waals surface area contributed by atoms with E-state index in [1.54, 1.807) is 0 Å². The number of hydrogen-bond donors (Lipinski definition) is 2. The molecule has 0 amide bonds. The number of aliphatic imine (C=N–C) groups is 1. The van der Waals surface area contributed by atoms with E-state index >= 15 is 0 Å². The Hall–Kier alpha value is -0.860. The molecule has 2 aliphatic heterocycles. The quantitative estimate of drug-likeness (QED) is 0.320. The molecule has 2 fully saturated rings. The molecule has 6 heteroatoms. The molecule has 31 heavy (non-hydrogen) atoms. The summed E-state index contributed by atoms with van der Waals surface area (Å²) in [7, 11) is 1.86. The lowest BCUT2D eigenvalue weighted by Crippen LogP contribution is -2.49. The van der Waals surface area contributed by atoms with Crippen molar-refractivity contribution >= 4 is 29.9 Å². The number of rotatable bonds is 6. The van der Waals surface area contributed by atoms with Crippen LogP contribution < -0.4 is 10.6 Å². The molecule has 1 aromatic rings. The number of halogens is 1. The zero-order valence-corrected chi connectivity index (χ0v) is 22.6. The minimum atomic E-state index is 0. The summed E-state index contributed by atoms with van der Waals surface area (Å²) in [5.41, 5.74) is 2.72. The molecule has 5 nitrogen and oxygen atoms in total. The second kappa shape index (κ2) is 13.0. The Morgan fingerprint density at radius 1 is 1.03 bits per heavy atom. The molecule has 2 atom stereocenters. The summed E-state index contributed by atoms with van der Waals surface area (Å²) >= 11 is 0. The molecule has 0 aliphatic carbocycles. The maximum atomic E-state index is 4.43. The van der Waals surface area contributed by atoms with E-state index in [4.69, 9.17) is 0 Å². The number of nitrogens with one attached hydrogen (secondary N) is 2. The highest BCUT2D eigenvalue weighted by Crippen LogP contribution is 2.22. The molecule has 2 unspecified atom stereocenters. The highest BCUT2D eigenvalue weighted by Gasteiger charge is 2.22. The van der Waals surface area contributed by atoms with E-state index in [-0.39, 0.29) is 24.0 Å². The van der Waals surface area contributed by atoms with Crippen LogP contribution in [0.4, 0.5) is 0 Å². The zero-order valence-electron chi connectivity index (χ0n) is 20.2. The van der Waals surface area contributed by atoms with Crippen LogP contribution in [0.1, 0.15) is 58.1 Å². The van der Waals surface area contributed by atoms with Crippen LogP contribution in [0, 0.1) is 11.8 Å². The minimum absolute atomic E-state index is 0. The van der Waals surface area contributed by atoms with Crippen molar-refractivity contribution in [3.05, 3.63) is 35.4 Å². The molecule has 0 aromatic heterocycles. The molecule has 0 radical (unpaired) electrons. The van der Waals surface area contributed by atoms with Crippen LogP contribution in [0.15, 0.2) is 29.3 Å². The van der Waals surface area contributed by atoms with Gasteiger partial charge in [0.15, 0.2) is 5.96 Å². The molecule has 2 heterocycles. The molecule has 2 saturated heterocycles. The maximum absolute atomic E-state index is 4.43. The Bertz CT molecular complexity index is 657. The molecule has 0 spiro atoms. The summed E-state index contributed by atoms with van der Waals surface area (Å²) in [4.78, 5) is 9.60. The summed E-state index contributed by atoms with van der Waals surface area (Å²) in [5, 5.41) is 7.11. The van der Waals surface area contributed by atoms with Gasteiger partial charge in [0.1, 0.15) is 0 Å². The monoisotopic (exact) mass is 541 g/mol. The minimum Gasteiger partial charge on any atom is -0.354 e. The van der Waals surface area contributed by atoms with E-state index in [2.05, 4.69) is 77.4 Å². The van der Waals surface area contributed by atoms with Crippen molar-refractivity contribution in [1.82, 2.24) is 20.4 Å². The third kappa shape index (κ3) is 8.54. The molecule has 2 N–H and O–H groups in total. The van der Waals surface area contributed by atoms with E-state index in [1.807, 2.05) is 7.05 Å². The second-order valence-corrected chi connectivity index (χ2v) is 9.93. The number of hydrogen-bond acceptors (Lipinski definition) is 3. The maximum Gasteiger partial charge on any atom is 0.191 e. The first kappa shape index (κ1) is 26.4. The fraction of sp³-hybridized carbons (Fsp3) is 0.720. The van der Waals surface area contributed by atoms with Gasteiger partial charge in [0, 0.05) is 58.4 Å². The van der Waals surface area contributed by atoms with Crippen molar-refractivity contribution in [2.75, 3.05) is 33.2 Å². The summed E-state index contributed by atoms with van der Waals surface area (Å²) in [6.45, 7) is 16.0. The third-order valence-electron chi connectivity index (χ3n) is 6.66. The van der Waals surface area contributed by atoms with Gasteiger partial charge in [-0.1, -0.05) is 38.1 Å². The summed E-state index contributed by atoms with van der Waals surface area (Å²) in [6.07, 6.45) is 3.73. The van der Waals surface area contributed by atoms with Gasteiger partial charge in [-0.25, -0.2) is 0 Å². The van der Waals surface area contributed by atoms with E-state index in [0.29, 0.717) is 12.1 Å². The molecule has 0 saturated carbocycles. The SMILES string of the molecule is CN=C(NCc1ccc(CN2CC(C)CC(C)C2)cc1)NC1CCN(C(C)C)CC1.I. The average molecular weight is 542 g/mol. The van der Waals surface area contributed by atoms with Gasteiger partial charge in [-0.2, -0.15) is 0 Å². The Morgan fingerprint density at radius 2 is 1.61 bits per heavy atom. The molecule has 3 rings (SSSR count). The van der Waals surface area contributed by atoms with Gasteiger partial charge in [0.2, 0.25) is 0 Å². The topological polar surface area (TPSA) is 42.9 Å². The predicted molar refractivity (Wildman–Crippen MR) is 143 cm³/mol. The van der Waals surface area contributed by atoms with Gasteiger partial charge in [-0.3, -0.25) is 9.89 Å². The van der Waals surface area contributed by atoms with Crippen molar-refractivity contribution in [3.8, 4) is 0 Å². The van der Waals surface area contributed by atoms with Gasteiger partial charge >= 0.3 is 0 Å². The number of likely N-dealkylation sites (tertiary alicyclic amines) is 2. The number of piperidine rings is 2.